The van der Waals surface area contributed by atoms with Crippen molar-refractivity contribution in [3.8, 4) is 5.75 Å². The van der Waals surface area contributed by atoms with Gasteiger partial charge in [0.05, 0.1) is 16.9 Å². The Morgan fingerprint density at radius 2 is 2.04 bits per heavy atom. The van der Waals surface area contributed by atoms with E-state index in [0.717, 1.165) is 6.07 Å². The zero-order valence-electron chi connectivity index (χ0n) is 14.4. The normalized spacial score (nSPS) is 12.9. The Hall–Kier alpha value is -3.72. The van der Waals surface area contributed by atoms with E-state index in [4.69, 9.17) is 18.6 Å². The quantitative estimate of drug-likeness (QED) is 0.383. The molecule has 0 unspecified atom stereocenters. The van der Waals surface area contributed by atoms with E-state index in [1.165, 1.54) is 12.1 Å². The summed E-state index contributed by atoms with van der Waals surface area (Å²) in [6.07, 6.45) is 0. The van der Waals surface area contributed by atoms with Crippen LogP contribution in [0.5, 0.6) is 5.75 Å². The molecule has 0 fully saturated rings. The van der Waals surface area contributed by atoms with Crippen LogP contribution in [0.1, 0.15) is 21.7 Å². The van der Waals surface area contributed by atoms with Crippen molar-refractivity contribution in [3.63, 3.8) is 0 Å². The first-order valence-electron chi connectivity index (χ1n) is 8.23. The second-order valence-electron chi connectivity index (χ2n) is 6.01. The van der Waals surface area contributed by atoms with Crippen LogP contribution in [0.2, 0.25) is 0 Å². The van der Waals surface area contributed by atoms with Gasteiger partial charge >= 0.3 is 5.97 Å². The van der Waals surface area contributed by atoms with Gasteiger partial charge in [0.1, 0.15) is 17.9 Å². The molecule has 0 saturated carbocycles. The second kappa shape index (κ2) is 7.12. The maximum atomic E-state index is 12.3. The molecule has 0 atom stereocenters. The van der Waals surface area contributed by atoms with E-state index in [1.807, 2.05) is 0 Å². The molecule has 28 heavy (non-hydrogen) atoms. The maximum absolute atomic E-state index is 12.3. The van der Waals surface area contributed by atoms with Crippen LogP contribution in [0.3, 0.4) is 0 Å². The summed E-state index contributed by atoms with van der Waals surface area (Å²) < 4.78 is 21.2. The third-order valence-corrected chi connectivity index (χ3v) is 4.18. The third kappa shape index (κ3) is 3.30. The van der Waals surface area contributed by atoms with Crippen molar-refractivity contribution in [1.29, 1.82) is 0 Å². The van der Waals surface area contributed by atoms with Crippen molar-refractivity contribution >= 4 is 22.6 Å². The Morgan fingerprint density at radius 3 is 2.86 bits per heavy atom. The number of esters is 1. The third-order valence-electron chi connectivity index (χ3n) is 4.18. The molecule has 0 spiro atoms. The van der Waals surface area contributed by atoms with Gasteiger partial charge in [0.2, 0.25) is 5.76 Å². The summed E-state index contributed by atoms with van der Waals surface area (Å²) in [6, 6.07) is 10.2. The van der Waals surface area contributed by atoms with Crippen molar-refractivity contribution in [2.45, 2.75) is 13.2 Å². The number of non-ortho nitro benzene ring substituents is 1. The Balaban J connectivity index is 1.61. The predicted octanol–water partition coefficient (Wildman–Crippen LogP) is 2.92. The van der Waals surface area contributed by atoms with Gasteiger partial charge in [-0.05, 0) is 12.1 Å². The molecule has 0 N–H and O–H groups in total. The van der Waals surface area contributed by atoms with Crippen molar-refractivity contribution in [3.05, 3.63) is 79.7 Å². The molecule has 9 heteroatoms. The number of nitro benzene ring substituents is 1. The number of carbonyl (C=O) groups is 1. The fraction of sp³-hybridized carbons (Fsp3) is 0.158. The summed E-state index contributed by atoms with van der Waals surface area (Å²) in [5, 5.41) is 11.5. The van der Waals surface area contributed by atoms with E-state index in [2.05, 4.69) is 0 Å². The first-order valence-corrected chi connectivity index (χ1v) is 8.23. The number of nitro groups is 1. The summed E-state index contributed by atoms with van der Waals surface area (Å²) in [4.78, 5) is 35.0. The number of para-hydroxylation sites is 1. The largest absolute Gasteiger partial charge is 0.467 e. The van der Waals surface area contributed by atoms with Gasteiger partial charge in [0.25, 0.3) is 5.69 Å². The smallest absolute Gasteiger partial charge is 0.374 e. The molecule has 0 bridgehead atoms. The first-order chi connectivity index (χ1) is 13.5. The lowest BCUT2D eigenvalue weighted by atomic mass is 10.1. The van der Waals surface area contributed by atoms with E-state index in [1.54, 1.807) is 24.3 Å². The Kier molecular flexibility index (Phi) is 4.50. The van der Waals surface area contributed by atoms with Crippen LogP contribution in [0.4, 0.5) is 5.69 Å². The monoisotopic (exact) mass is 383 g/mol. The highest BCUT2D eigenvalue weighted by Gasteiger charge is 2.22. The fourth-order valence-electron chi connectivity index (χ4n) is 2.91. The Bertz CT molecular complexity index is 1150. The standard InChI is InChI=1S/C19H13NO8/c21-15-7-17(28-16-4-2-1-3-14(15)16)19(22)26-9-12-6-13(20(23)24)5-11-8-25-10-27-18(11)12/h1-7H,8-10H2. The van der Waals surface area contributed by atoms with Gasteiger partial charge in [-0.1, -0.05) is 12.1 Å². The predicted molar refractivity (Wildman–Crippen MR) is 95.0 cm³/mol. The second-order valence-corrected chi connectivity index (χ2v) is 6.01. The number of benzene rings is 2. The number of carbonyl (C=O) groups excluding carboxylic acids is 1. The summed E-state index contributed by atoms with van der Waals surface area (Å²) in [5.74, 6) is -0.743. The topological polar surface area (TPSA) is 118 Å². The average Bonchev–Trinajstić information content (AvgIpc) is 2.71. The number of fused-ring (bicyclic) bond motifs is 2. The molecule has 2 aromatic carbocycles. The molecule has 0 radical (unpaired) electrons. The fourth-order valence-corrected chi connectivity index (χ4v) is 2.91. The van der Waals surface area contributed by atoms with Gasteiger partial charge in [0, 0.05) is 29.3 Å². The first kappa shape index (κ1) is 17.7. The SMILES string of the molecule is O=C(OCc1cc([N+](=O)[O-])cc2c1OCOC2)c1cc(=O)c2ccccc2o1. The van der Waals surface area contributed by atoms with Crippen molar-refractivity contribution in [2.24, 2.45) is 0 Å². The van der Waals surface area contributed by atoms with Gasteiger partial charge in [-0.15, -0.1) is 0 Å². The summed E-state index contributed by atoms with van der Waals surface area (Å²) in [5.41, 5.74) is 0.529. The van der Waals surface area contributed by atoms with Crippen molar-refractivity contribution in [1.82, 2.24) is 0 Å². The van der Waals surface area contributed by atoms with E-state index in [0.29, 0.717) is 22.3 Å². The lowest BCUT2D eigenvalue weighted by Gasteiger charge is -2.20. The zero-order chi connectivity index (χ0) is 19.7. The van der Waals surface area contributed by atoms with Crippen LogP contribution < -0.4 is 10.2 Å². The lowest BCUT2D eigenvalue weighted by Crippen LogP contribution is -2.15. The van der Waals surface area contributed by atoms with E-state index in [9.17, 15) is 19.7 Å². The molecule has 1 aliphatic heterocycles. The molecule has 1 aliphatic rings. The van der Waals surface area contributed by atoms with Gasteiger partial charge < -0.3 is 18.6 Å². The number of hydrogen-bond acceptors (Lipinski definition) is 8. The highest BCUT2D eigenvalue weighted by molar-refractivity contribution is 5.88. The summed E-state index contributed by atoms with van der Waals surface area (Å²) in [6.45, 7) is -0.151. The van der Waals surface area contributed by atoms with Crippen LogP contribution >= 0.6 is 0 Å². The van der Waals surface area contributed by atoms with E-state index in [-0.39, 0.29) is 42.5 Å². The highest BCUT2D eigenvalue weighted by Crippen LogP contribution is 2.33. The molecule has 9 nitrogen and oxygen atoms in total. The van der Waals surface area contributed by atoms with Crippen LogP contribution in [-0.4, -0.2) is 17.7 Å². The van der Waals surface area contributed by atoms with Crippen LogP contribution in [-0.2, 0) is 22.7 Å². The molecule has 142 valence electrons. The molecular weight excluding hydrogens is 370 g/mol. The number of ether oxygens (including phenoxy) is 3. The van der Waals surface area contributed by atoms with Crippen LogP contribution in [0.15, 0.2) is 51.7 Å². The maximum Gasteiger partial charge on any atom is 0.374 e. The minimum atomic E-state index is -0.866. The molecule has 0 amide bonds. The van der Waals surface area contributed by atoms with Gasteiger partial charge in [-0.2, -0.15) is 0 Å². The molecule has 3 aromatic rings. The zero-order valence-corrected chi connectivity index (χ0v) is 14.4. The lowest BCUT2D eigenvalue weighted by molar-refractivity contribution is -0.385. The van der Waals surface area contributed by atoms with Crippen LogP contribution in [0.25, 0.3) is 11.0 Å². The van der Waals surface area contributed by atoms with Gasteiger partial charge in [-0.25, -0.2) is 4.79 Å². The van der Waals surface area contributed by atoms with Gasteiger partial charge in [0.15, 0.2) is 12.2 Å². The Labute approximate surface area is 157 Å². The molecule has 1 aromatic heterocycles. The average molecular weight is 383 g/mol. The Morgan fingerprint density at radius 1 is 1.21 bits per heavy atom. The molecule has 0 saturated heterocycles. The summed E-state index contributed by atoms with van der Waals surface area (Å²) >= 11 is 0. The molecule has 4 rings (SSSR count). The molecule has 2 heterocycles. The number of nitrogens with zero attached hydrogens (tertiary/aromatic N) is 1. The van der Waals surface area contributed by atoms with E-state index >= 15 is 0 Å². The molecular formula is C19H13NO8. The van der Waals surface area contributed by atoms with Gasteiger partial charge in [-0.3, -0.25) is 14.9 Å². The number of hydrogen-bond donors (Lipinski definition) is 0. The van der Waals surface area contributed by atoms with Crippen molar-refractivity contribution < 1.29 is 28.3 Å². The number of rotatable bonds is 4. The van der Waals surface area contributed by atoms with Crippen LogP contribution in [0, 0.1) is 10.1 Å². The van der Waals surface area contributed by atoms with Crippen molar-refractivity contribution in [2.75, 3.05) is 6.79 Å². The summed E-state index contributed by atoms with van der Waals surface area (Å²) in [7, 11) is 0. The molecule has 0 aliphatic carbocycles. The minimum absolute atomic E-state index is 0.00862. The van der Waals surface area contributed by atoms with E-state index < -0.39 is 10.9 Å². The highest BCUT2D eigenvalue weighted by atomic mass is 16.7. The minimum Gasteiger partial charge on any atom is -0.467 e.